The highest BCUT2D eigenvalue weighted by molar-refractivity contribution is 7.11. The maximum absolute atomic E-state index is 5.44. The second-order valence-corrected chi connectivity index (χ2v) is 5.63. The highest BCUT2D eigenvalue weighted by atomic mass is 32.1. The first-order valence-electron chi connectivity index (χ1n) is 6.62. The molecule has 1 aliphatic heterocycles. The first-order valence-corrected chi connectivity index (χ1v) is 7.43. The minimum Gasteiger partial charge on any atom is -0.381 e. The van der Waals surface area contributed by atoms with Crippen LogP contribution < -0.4 is 5.32 Å². The van der Waals surface area contributed by atoms with Crippen molar-refractivity contribution in [3.05, 3.63) is 15.6 Å². The van der Waals surface area contributed by atoms with E-state index in [1.165, 1.54) is 22.0 Å². The molecular formula is C13H22N2OS. The van der Waals surface area contributed by atoms with Crippen molar-refractivity contribution >= 4 is 11.3 Å². The Bertz CT molecular complexity index is 345. The van der Waals surface area contributed by atoms with E-state index in [1.807, 2.05) is 11.3 Å². The van der Waals surface area contributed by atoms with Gasteiger partial charge in [0.15, 0.2) is 0 Å². The van der Waals surface area contributed by atoms with E-state index in [0.29, 0.717) is 5.92 Å². The van der Waals surface area contributed by atoms with Crippen molar-refractivity contribution in [1.82, 2.24) is 10.3 Å². The number of hydrogen-bond donors (Lipinski definition) is 1. The lowest BCUT2D eigenvalue weighted by Crippen LogP contribution is -2.13. The normalized spacial score (nSPS) is 20.0. The van der Waals surface area contributed by atoms with Crippen LogP contribution in [0.5, 0.6) is 0 Å². The van der Waals surface area contributed by atoms with Crippen molar-refractivity contribution in [2.75, 3.05) is 19.8 Å². The summed E-state index contributed by atoms with van der Waals surface area (Å²) in [6.45, 7) is 8.20. The van der Waals surface area contributed by atoms with Crippen molar-refractivity contribution in [2.45, 2.75) is 45.6 Å². The van der Waals surface area contributed by atoms with Crippen molar-refractivity contribution in [3.63, 3.8) is 0 Å². The molecule has 17 heavy (non-hydrogen) atoms. The largest absolute Gasteiger partial charge is 0.381 e. The van der Waals surface area contributed by atoms with E-state index in [9.17, 15) is 0 Å². The van der Waals surface area contributed by atoms with E-state index < -0.39 is 0 Å². The van der Waals surface area contributed by atoms with E-state index in [0.717, 1.165) is 39.1 Å². The van der Waals surface area contributed by atoms with Gasteiger partial charge in [-0.15, -0.1) is 11.3 Å². The molecular weight excluding hydrogens is 232 g/mol. The molecule has 0 amide bonds. The number of ether oxygens (including phenoxy) is 1. The lowest BCUT2D eigenvalue weighted by atomic mass is 10.1. The molecule has 0 radical (unpaired) electrons. The molecule has 1 aromatic rings. The second-order valence-electron chi connectivity index (χ2n) is 4.51. The third kappa shape index (κ3) is 3.27. The van der Waals surface area contributed by atoms with Gasteiger partial charge in [-0.05, 0) is 25.8 Å². The molecule has 2 rings (SSSR count). The van der Waals surface area contributed by atoms with Gasteiger partial charge in [-0.25, -0.2) is 4.98 Å². The summed E-state index contributed by atoms with van der Waals surface area (Å²) >= 11 is 1.88. The van der Waals surface area contributed by atoms with Gasteiger partial charge in [-0.1, -0.05) is 13.8 Å². The number of hydrogen-bond acceptors (Lipinski definition) is 4. The van der Waals surface area contributed by atoms with Gasteiger partial charge in [0.05, 0.1) is 17.3 Å². The van der Waals surface area contributed by atoms with Crippen LogP contribution in [0.25, 0.3) is 0 Å². The summed E-state index contributed by atoms with van der Waals surface area (Å²) in [5.41, 5.74) is 1.28. The van der Waals surface area contributed by atoms with Gasteiger partial charge < -0.3 is 10.1 Å². The quantitative estimate of drug-likeness (QED) is 0.793. The number of nitrogens with zero attached hydrogens (tertiary/aromatic N) is 1. The van der Waals surface area contributed by atoms with Gasteiger partial charge in [0.25, 0.3) is 0 Å². The summed E-state index contributed by atoms with van der Waals surface area (Å²) in [5.74, 6) is 0.547. The molecule has 1 unspecified atom stereocenters. The smallest absolute Gasteiger partial charge is 0.0986 e. The number of thiazole rings is 1. The predicted octanol–water partition coefficient (Wildman–Crippen LogP) is 2.71. The van der Waals surface area contributed by atoms with Gasteiger partial charge in [0.2, 0.25) is 0 Å². The van der Waals surface area contributed by atoms with Crippen molar-refractivity contribution in [1.29, 1.82) is 0 Å². The minimum absolute atomic E-state index is 0.547. The predicted molar refractivity (Wildman–Crippen MR) is 71.7 cm³/mol. The molecule has 1 N–H and O–H groups in total. The first-order chi connectivity index (χ1) is 8.35. The van der Waals surface area contributed by atoms with Crippen LogP contribution in [-0.2, 0) is 17.7 Å². The van der Waals surface area contributed by atoms with E-state index in [-0.39, 0.29) is 0 Å². The molecule has 2 heterocycles. The van der Waals surface area contributed by atoms with Crippen LogP contribution in [0.15, 0.2) is 0 Å². The number of aromatic nitrogens is 1. The van der Waals surface area contributed by atoms with Crippen LogP contribution in [0.2, 0.25) is 0 Å². The lowest BCUT2D eigenvalue weighted by Gasteiger charge is -2.01. The van der Waals surface area contributed by atoms with E-state index in [4.69, 9.17) is 9.72 Å². The van der Waals surface area contributed by atoms with Gasteiger partial charge >= 0.3 is 0 Å². The summed E-state index contributed by atoms with van der Waals surface area (Å²) in [4.78, 5) is 6.21. The summed E-state index contributed by atoms with van der Waals surface area (Å²) < 4.78 is 5.44. The highest BCUT2D eigenvalue weighted by Crippen LogP contribution is 2.31. The van der Waals surface area contributed by atoms with Crippen LogP contribution in [0.4, 0.5) is 0 Å². The van der Waals surface area contributed by atoms with E-state index in [2.05, 4.69) is 19.2 Å². The Morgan fingerprint density at radius 2 is 2.35 bits per heavy atom. The maximum Gasteiger partial charge on any atom is 0.0986 e. The molecule has 96 valence electrons. The Kier molecular flexibility index (Phi) is 4.95. The van der Waals surface area contributed by atoms with Crippen LogP contribution >= 0.6 is 11.3 Å². The monoisotopic (exact) mass is 254 g/mol. The van der Waals surface area contributed by atoms with Crippen LogP contribution in [0.3, 0.4) is 0 Å². The molecule has 1 saturated heterocycles. The summed E-state index contributed by atoms with van der Waals surface area (Å²) in [6.07, 6.45) is 3.36. The van der Waals surface area contributed by atoms with Gasteiger partial charge in [0.1, 0.15) is 0 Å². The van der Waals surface area contributed by atoms with Crippen LogP contribution in [0.1, 0.15) is 48.2 Å². The second kappa shape index (κ2) is 6.47. The number of aryl methyl sites for hydroxylation is 1. The van der Waals surface area contributed by atoms with Crippen molar-refractivity contribution in [2.24, 2.45) is 0 Å². The topological polar surface area (TPSA) is 34.1 Å². The summed E-state index contributed by atoms with van der Waals surface area (Å²) in [5, 5.41) is 4.75. The van der Waals surface area contributed by atoms with Crippen LogP contribution in [-0.4, -0.2) is 24.7 Å². The molecule has 0 spiro atoms. The Hall–Kier alpha value is -0.450. The standard InChI is InChI=1S/C13H22N2OS/c1-3-6-14-8-12-11(4-2)15-13(17-12)10-5-7-16-9-10/h10,14H,3-9H2,1-2H3. The number of nitrogens with one attached hydrogen (secondary N) is 1. The first kappa shape index (κ1) is 13.0. The fraction of sp³-hybridized carbons (Fsp3) is 0.769. The fourth-order valence-corrected chi connectivity index (χ4v) is 3.34. The third-order valence-electron chi connectivity index (χ3n) is 3.12. The molecule has 1 aromatic heterocycles. The van der Waals surface area contributed by atoms with Gasteiger partial charge in [0, 0.05) is 23.9 Å². The van der Waals surface area contributed by atoms with Gasteiger partial charge in [-0.3, -0.25) is 0 Å². The van der Waals surface area contributed by atoms with E-state index in [1.54, 1.807) is 0 Å². The zero-order valence-electron chi connectivity index (χ0n) is 10.8. The minimum atomic E-state index is 0.547. The average molecular weight is 254 g/mol. The molecule has 0 bridgehead atoms. The zero-order chi connectivity index (χ0) is 12.1. The molecule has 3 nitrogen and oxygen atoms in total. The molecule has 4 heteroatoms. The van der Waals surface area contributed by atoms with Gasteiger partial charge in [-0.2, -0.15) is 0 Å². The van der Waals surface area contributed by atoms with Crippen LogP contribution in [0, 0.1) is 0 Å². The lowest BCUT2D eigenvalue weighted by molar-refractivity contribution is 0.194. The maximum atomic E-state index is 5.44. The Balaban J connectivity index is 2.03. The average Bonchev–Trinajstić information content (AvgIpc) is 2.97. The fourth-order valence-electron chi connectivity index (χ4n) is 2.10. The molecule has 1 atom stereocenters. The molecule has 1 aliphatic rings. The SMILES string of the molecule is CCCNCc1sc(C2CCOC2)nc1CC. The summed E-state index contributed by atoms with van der Waals surface area (Å²) in [7, 11) is 0. The zero-order valence-corrected chi connectivity index (χ0v) is 11.6. The summed E-state index contributed by atoms with van der Waals surface area (Å²) in [6, 6.07) is 0. The molecule has 0 aliphatic carbocycles. The van der Waals surface area contributed by atoms with E-state index >= 15 is 0 Å². The Morgan fingerprint density at radius 3 is 3.00 bits per heavy atom. The molecule has 0 saturated carbocycles. The highest BCUT2D eigenvalue weighted by Gasteiger charge is 2.22. The molecule has 0 aromatic carbocycles. The Labute approximate surface area is 108 Å². The number of rotatable bonds is 6. The Morgan fingerprint density at radius 1 is 1.47 bits per heavy atom. The van der Waals surface area contributed by atoms with Crippen molar-refractivity contribution < 1.29 is 4.74 Å². The molecule has 1 fully saturated rings. The third-order valence-corrected chi connectivity index (χ3v) is 4.38. The van der Waals surface area contributed by atoms with Crippen molar-refractivity contribution in [3.8, 4) is 0 Å².